The average molecular weight is 168 g/mol. The number of rotatable bonds is 2. The highest BCUT2D eigenvalue weighted by Gasteiger charge is 2.10. The molecule has 0 heterocycles. The lowest BCUT2D eigenvalue weighted by Crippen LogP contribution is -2.07. The van der Waals surface area contributed by atoms with E-state index < -0.39 is 6.10 Å². The Bertz CT molecular complexity index is 208. The van der Waals surface area contributed by atoms with Crippen LogP contribution in [-0.4, -0.2) is 10.4 Å². The van der Waals surface area contributed by atoms with Gasteiger partial charge in [-0.05, 0) is 5.56 Å². The first-order valence-electron chi connectivity index (χ1n) is 3.63. The molecule has 0 aliphatic carbocycles. The van der Waals surface area contributed by atoms with Crippen molar-refractivity contribution in [3.63, 3.8) is 0 Å². The summed E-state index contributed by atoms with van der Waals surface area (Å²) in [6.07, 6.45) is -0.459. The molecule has 1 aromatic rings. The molecule has 1 nitrogen and oxygen atoms in total. The summed E-state index contributed by atoms with van der Waals surface area (Å²) in [7, 11) is 0. The summed E-state index contributed by atoms with van der Waals surface area (Å²) in [4.78, 5) is 0. The minimum absolute atomic E-state index is 0.0163. The minimum Gasteiger partial charge on any atom is -0.387 e. The topological polar surface area (TPSA) is 20.2 Å². The standard InChI is InChI=1S/C9H12OS/c1-7(11)9(10)8-5-3-2-4-6-8/h2-7,9-11H,1H3/t7-,9-/m0/s1. The Balaban J connectivity index is 2.77. The van der Waals surface area contributed by atoms with E-state index in [-0.39, 0.29) is 5.25 Å². The van der Waals surface area contributed by atoms with Crippen molar-refractivity contribution in [2.45, 2.75) is 18.3 Å². The van der Waals surface area contributed by atoms with Crippen LogP contribution in [0.5, 0.6) is 0 Å². The molecule has 0 amide bonds. The zero-order valence-electron chi connectivity index (χ0n) is 6.44. The third-order valence-electron chi connectivity index (χ3n) is 1.60. The number of aliphatic hydroxyl groups is 1. The fourth-order valence-corrected chi connectivity index (χ4v) is 1.10. The number of aliphatic hydroxyl groups excluding tert-OH is 1. The van der Waals surface area contributed by atoms with Gasteiger partial charge in [-0.3, -0.25) is 0 Å². The normalized spacial score (nSPS) is 15.9. The highest BCUT2D eigenvalue weighted by molar-refractivity contribution is 7.80. The molecular formula is C9H12OS. The summed E-state index contributed by atoms with van der Waals surface area (Å²) >= 11 is 4.15. The lowest BCUT2D eigenvalue weighted by atomic mass is 10.1. The molecule has 1 N–H and O–H groups in total. The molecule has 0 spiro atoms. The lowest BCUT2D eigenvalue weighted by molar-refractivity contribution is 0.180. The predicted octanol–water partition coefficient (Wildman–Crippen LogP) is 2.04. The molecule has 60 valence electrons. The third-order valence-corrected chi connectivity index (χ3v) is 1.88. The van der Waals surface area contributed by atoms with Crippen molar-refractivity contribution in [3.05, 3.63) is 35.9 Å². The van der Waals surface area contributed by atoms with Crippen LogP contribution >= 0.6 is 12.6 Å². The molecule has 0 unspecified atom stereocenters. The molecule has 0 fully saturated rings. The second-order valence-electron chi connectivity index (χ2n) is 2.60. The zero-order chi connectivity index (χ0) is 8.27. The Kier molecular flexibility index (Phi) is 2.97. The molecule has 0 aliphatic heterocycles. The fourth-order valence-electron chi connectivity index (χ4n) is 0.929. The van der Waals surface area contributed by atoms with Crippen molar-refractivity contribution in [2.24, 2.45) is 0 Å². The Morgan fingerprint density at radius 2 is 1.82 bits per heavy atom. The van der Waals surface area contributed by atoms with Crippen LogP contribution in [0.4, 0.5) is 0 Å². The van der Waals surface area contributed by atoms with Gasteiger partial charge in [-0.25, -0.2) is 0 Å². The van der Waals surface area contributed by atoms with Gasteiger partial charge in [-0.2, -0.15) is 12.6 Å². The van der Waals surface area contributed by atoms with Gasteiger partial charge in [0.05, 0.1) is 6.10 Å². The molecule has 0 saturated heterocycles. The highest BCUT2D eigenvalue weighted by Crippen LogP contribution is 2.19. The minimum atomic E-state index is -0.459. The first-order chi connectivity index (χ1) is 5.22. The maximum Gasteiger partial charge on any atom is 0.0903 e. The smallest absolute Gasteiger partial charge is 0.0903 e. The highest BCUT2D eigenvalue weighted by atomic mass is 32.1. The van der Waals surface area contributed by atoms with Gasteiger partial charge in [-0.15, -0.1) is 0 Å². The van der Waals surface area contributed by atoms with Crippen molar-refractivity contribution < 1.29 is 5.11 Å². The summed E-state index contributed by atoms with van der Waals surface area (Å²) in [5, 5.41) is 9.51. The number of benzene rings is 1. The van der Waals surface area contributed by atoms with E-state index in [1.165, 1.54) is 0 Å². The molecule has 0 aromatic heterocycles. The molecular weight excluding hydrogens is 156 g/mol. The average Bonchev–Trinajstić information content (AvgIpc) is 2.05. The van der Waals surface area contributed by atoms with Gasteiger partial charge in [-0.1, -0.05) is 37.3 Å². The molecule has 1 aromatic carbocycles. The molecule has 0 aliphatic rings. The molecule has 2 heteroatoms. The first-order valence-corrected chi connectivity index (χ1v) is 4.14. The second-order valence-corrected chi connectivity index (χ2v) is 3.41. The Morgan fingerprint density at radius 3 is 2.27 bits per heavy atom. The Morgan fingerprint density at radius 1 is 1.27 bits per heavy atom. The van der Waals surface area contributed by atoms with Crippen LogP contribution in [-0.2, 0) is 0 Å². The summed E-state index contributed by atoms with van der Waals surface area (Å²) in [5.41, 5.74) is 0.926. The van der Waals surface area contributed by atoms with Crippen LogP contribution < -0.4 is 0 Å². The van der Waals surface area contributed by atoms with Crippen LogP contribution in [0.2, 0.25) is 0 Å². The van der Waals surface area contributed by atoms with Crippen molar-refractivity contribution in [1.29, 1.82) is 0 Å². The lowest BCUT2D eigenvalue weighted by Gasteiger charge is -2.13. The van der Waals surface area contributed by atoms with Crippen LogP contribution in [0.1, 0.15) is 18.6 Å². The van der Waals surface area contributed by atoms with Gasteiger partial charge >= 0.3 is 0 Å². The second kappa shape index (κ2) is 3.79. The van der Waals surface area contributed by atoms with Crippen LogP contribution in [0.25, 0.3) is 0 Å². The number of hydrogen-bond acceptors (Lipinski definition) is 2. The van der Waals surface area contributed by atoms with Gasteiger partial charge in [0.1, 0.15) is 0 Å². The maximum atomic E-state index is 9.52. The van der Waals surface area contributed by atoms with Crippen molar-refractivity contribution in [2.75, 3.05) is 0 Å². The first kappa shape index (κ1) is 8.62. The third kappa shape index (κ3) is 2.24. The van der Waals surface area contributed by atoms with E-state index in [1.807, 2.05) is 37.3 Å². The monoisotopic (exact) mass is 168 g/mol. The van der Waals surface area contributed by atoms with Crippen molar-refractivity contribution >= 4 is 12.6 Å². The summed E-state index contributed by atoms with van der Waals surface area (Å²) < 4.78 is 0. The molecule has 2 atom stereocenters. The largest absolute Gasteiger partial charge is 0.387 e. The summed E-state index contributed by atoms with van der Waals surface area (Å²) in [5.74, 6) is 0. The van der Waals surface area contributed by atoms with E-state index in [2.05, 4.69) is 12.6 Å². The van der Waals surface area contributed by atoms with E-state index in [0.717, 1.165) is 5.56 Å². The van der Waals surface area contributed by atoms with Crippen LogP contribution in [0.3, 0.4) is 0 Å². The molecule has 0 saturated carbocycles. The summed E-state index contributed by atoms with van der Waals surface area (Å²) in [6, 6.07) is 9.55. The van der Waals surface area contributed by atoms with Gasteiger partial charge in [0.15, 0.2) is 0 Å². The SMILES string of the molecule is C[C@H](S)[C@H](O)c1ccccc1. The van der Waals surface area contributed by atoms with Gasteiger partial charge < -0.3 is 5.11 Å². The number of hydrogen-bond donors (Lipinski definition) is 2. The molecule has 1 rings (SSSR count). The van der Waals surface area contributed by atoms with E-state index in [4.69, 9.17) is 0 Å². The summed E-state index contributed by atoms with van der Waals surface area (Å²) in [6.45, 7) is 1.88. The number of thiol groups is 1. The molecule has 11 heavy (non-hydrogen) atoms. The van der Waals surface area contributed by atoms with E-state index >= 15 is 0 Å². The van der Waals surface area contributed by atoms with Crippen LogP contribution in [0, 0.1) is 0 Å². The van der Waals surface area contributed by atoms with E-state index in [1.54, 1.807) is 0 Å². The fraction of sp³-hybridized carbons (Fsp3) is 0.333. The molecule has 0 radical (unpaired) electrons. The molecule has 0 bridgehead atoms. The predicted molar refractivity (Wildman–Crippen MR) is 49.8 cm³/mol. The van der Waals surface area contributed by atoms with Gasteiger partial charge in [0.25, 0.3) is 0 Å². The Labute approximate surface area is 72.5 Å². The van der Waals surface area contributed by atoms with Gasteiger partial charge in [0.2, 0.25) is 0 Å². The van der Waals surface area contributed by atoms with Crippen LogP contribution in [0.15, 0.2) is 30.3 Å². The van der Waals surface area contributed by atoms with Crippen molar-refractivity contribution in [1.82, 2.24) is 0 Å². The van der Waals surface area contributed by atoms with E-state index in [0.29, 0.717) is 0 Å². The quantitative estimate of drug-likeness (QED) is 0.647. The maximum absolute atomic E-state index is 9.52. The van der Waals surface area contributed by atoms with Gasteiger partial charge in [0, 0.05) is 5.25 Å². The Hall–Kier alpha value is -0.470. The van der Waals surface area contributed by atoms with Crippen molar-refractivity contribution in [3.8, 4) is 0 Å². The van der Waals surface area contributed by atoms with E-state index in [9.17, 15) is 5.11 Å². The zero-order valence-corrected chi connectivity index (χ0v) is 7.33.